The second-order valence-electron chi connectivity index (χ2n) is 8.48. The molecule has 8 heteroatoms. The van der Waals surface area contributed by atoms with Crippen LogP contribution >= 0.6 is 0 Å². The van der Waals surface area contributed by atoms with E-state index in [4.69, 9.17) is 4.74 Å². The highest BCUT2D eigenvalue weighted by atomic mass is 32.2. The van der Waals surface area contributed by atoms with Gasteiger partial charge in [-0.1, -0.05) is 30.3 Å². The molecular formula is C24H31N3O4S. The fraction of sp³-hybridized carbons (Fsp3) is 0.458. The number of benzene rings is 2. The number of likely N-dealkylation sites (tertiary alicyclic amines) is 1. The summed E-state index contributed by atoms with van der Waals surface area (Å²) in [7, 11) is -3.66. The summed E-state index contributed by atoms with van der Waals surface area (Å²) in [6.45, 7) is 6.86. The third-order valence-corrected chi connectivity index (χ3v) is 8.16. The van der Waals surface area contributed by atoms with Gasteiger partial charge >= 0.3 is 0 Å². The van der Waals surface area contributed by atoms with E-state index in [-0.39, 0.29) is 10.8 Å². The van der Waals surface area contributed by atoms with Crippen molar-refractivity contribution in [3.05, 3.63) is 64.7 Å². The average Bonchev–Trinajstić information content (AvgIpc) is 3.32. The van der Waals surface area contributed by atoms with Gasteiger partial charge in [0.15, 0.2) is 0 Å². The second-order valence-corrected chi connectivity index (χ2v) is 10.4. The Morgan fingerprint density at radius 2 is 1.62 bits per heavy atom. The van der Waals surface area contributed by atoms with Crippen LogP contribution in [0.3, 0.4) is 0 Å². The number of nitrogens with zero attached hydrogens (tertiary/aromatic N) is 2. The molecule has 2 saturated heterocycles. The van der Waals surface area contributed by atoms with Crippen molar-refractivity contribution < 1.29 is 17.9 Å². The Balaban J connectivity index is 1.39. The van der Waals surface area contributed by atoms with Crippen molar-refractivity contribution in [2.45, 2.75) is 37.8 Å². The van der Waals surface area contributed by atoms with E-state index in [0.717, 1.165) is 25.2 Å². The van der Waals surface area contributed by atoms with Crippen molar-refractivity contribution in [3.63, 3.8) is 0 Å². The minimum absolute atomic E-state index is 0.179. The summed E-state index contributed by atoms with van der Waals surface area (Å²) in [5.41, 5.74) is 3.25. The van der Waals surface area contributed by atoms with Crippen LogP contribution in [0.2, 0.25) is 0 Å². The van der Waals surface area contributed by atoms with Crippen LogP contribution in [0.25, 0.3) is 0 Å². The van der Waals surface area contributed by atoms with Crippen molar-refractivity contribution in [2.75, 3.05) is 39.4 Å². The maximum absolute atomic E-state index is 13.1. The summed E-state index contributed by atoms with van der Waals surface area (Å²) in [6, 6.07) is 13.1. The number of amides is 1. The Bertz CT molecular complexity index is 1040. The van der Waals surface area contributed by atoms with Gasteiger partial charge in [-0.2, -0.15) is 4.31 Å². The number of ether oxygens (including phenoxy) is 1. The number of carbonyl (C=O) groups excluding carboxylic acids is 1. The Kier molecular flexibility index (Phi) is 7.25. The molecular weight excluding hydrogens is 426 g/mol. The molecule has 0 saturated carbocycles. The quantitative estimate of drug-likeness (QED) is 0.691. The van der Waals surface area contributed by atoms with Gasteiger partial charge < -0.3 is 10.1 Å². The predicted molar refractivity (Wildman–Crippen MR) is 123 cm³/mol. The SMILES string of the molecule is Cc1ccc(C(=O)NCc2ccc(CN3CCCC3)cc2)cc1S(=O)(=O)N1CCOCC1. The first-order valence-corrected chi connectivity index (χ1v) is 12.6. The van der Waals surface area contributed by atoms with Crippen LogP contribution in [-0.4, -0.2) is 62.9 Å². The summed E-state index contributed by atoms with van der Waals surface area (Å²) in [6.07, 6.45) is 2.55. The molecule has 2 heterocycles. The van der Waals surface area contributed by atoms with E-state index in [1.165, 1.54) is 28.8 Å². The number of carbonyl (C=O) groups is 1. The normalized spacial score (nSPS) is 18.0. The molecule has 0 spiro atoms. The Morgan fingerprint density at radius 3 is 2.31 bits per heavy atom. The van der Waals surface area contributed by atoms with E-state index in [9.17, 15) is 13.2 Å². The topological polar surface area (TPSA) is 79.0 Å². The van der Waals surface area contributed by atoms with Gasteiger partial charge in [0.05, 0.1) is 18.1 Å². The van der Waals surface area contributed by atoms with Crippen LogP contribution in [0.15, 0.2) is 47.4 Å². The molecule has 2 aromatic carbocycles. The minimum Gasteiger partial charge on any atom is -0.379 e. The van der Waals surface area contributed by atoms with E-state index in [2.05, 4.69) is 22.3 Å². The van der Waals surface area contributed by atoms with Crippen molar-refractivity contribution in [3.8, 4) is 0 Å². The number of rotatable bonds is 7. The van der Waals surface area contributed by atoms with Crippen LogP contribution < -0.4 is 5.32 Å². The van der Waals surface area contributed by atoms with Gasteiger partial charge in [0, 0.05) is 31.7 Å². The molecule has 0 aliphatic carbocycles. The standard InChI is InChI=1S/C24H31N3O4S/c1-19-4-9-22(16-23(19)32(29,30)27-12-14-31-15-13-27)24(28)25-17-20-5-7-21(8-6-20)18-26-10-2-3-11-26/h4-9,16H,2-3,10-15,17-18H2,1H3,(H,25,28). The van der Waals surface area contributed by atoms with Crippen molar-refractivity contribution in [1.29, 1.82) is 0 Å². The van der Waals surface area contributed by atoms with Gasteiger partial charge in [-0.15, -0.1) is 0 Å². The number of aryl methyl sites for hydroxylation is 1. The maximum Gasteiger partial charge on any atom is 0.251 e. The predicted octanol–water partition coefficient (Wildman–Crippen LogP) is 2.54. The molecule has 1 N–H and O–H groups in total. The largest absolute Gasteiger partial charge is 0.379 e. The first-order chi connectivity index (χ1) is 15.4. The molecule has 7 nitrogen and oxygen atoms in total. The molecule has 1 amide bonds. The van der Waals surface area contributed by atoms with E-state index in [1.807, 2.05) is 12.1 Å². The molecule has 2 aliphatic rings. The molecule has 4 rings (SSSR count). The zero-order valence-corrected chi connectivity index (χ0v) is 19.4. The van der Waals surface area contributed by atoms with E-state index in [1.54, 1.807) is 19.1 Å². The highest BCUT2D eigenvalue weighted by Crippen LogP contribution is 2.22. The monoisotopic (exact) mass is 457 g/mol. The number of morpholine rings is 1. The zero-order valence-electron chi connectivity index (χ0n) is 18.5. The van der Waals surface area contributed by atoms with E-state index in [0.29, 0.717) is 44.0 Å². The summed E-state index contributed by atoms with van der Waals surface area (Å²) >= 11 is 0. The van der Waals surface area contributed by atoms with Gasteiger partial charge in [0.25, 0.3) is 5.91 Å². The van der Waals surface area contributed by atoms with Crippen LogP contribution in [-0.2, 0) is 27.8 Å². The van der Waals surface area contributed by atoms with Crippen molar-refractivity contribution >= 4 is 15.9 Å². The summed E-state index contributed by atoms with van der Waals surface area (Å²) in [5.74, 6) is -0.287. The van der Waals surface area contributed by atoms with Gasteiger partial charge in [-0.05, 0) is 61.7 Å². The van der Waals surface area contributed by atoms with Crippen molar-refractivity contribution in [1.82, 2.24) is 14.5 Å². The molecule has 0 radical (unpaired) electrons. The van der Waals surface area contributed by atoms with Gasteiger partial charge in [-0.3, -0.25) is 9.69 Å². The molecule has 0 unspecified atom stereocenters. The second kappa shape index (κ2) is 10.1. The van der Waals surface area contributed by atoms with Crippen LogP contribution in [0.4, 0.5) is 0 Å². The average molecular weight is 458 g/mol. The molecule has 2 aliphatic heterocycles. The highest BCUT2D eigenvalue weighted by Gasteiger charge is 2.28. The van der Waals surface area contributed by atoms with Gasteiger partial charge in [0.2, 0.25) is 10.0 Å². The lowest BCUT2D eigenvalue weighted by molar-refractivity contribution is 0.0730. The third-order valence-electron chi connectivity index (χ3n) is 6.12. The molecule has 172 valence electrons. The summed E-state index contributed by atoms with van der Waals surface area (Å²) < 4.78 is 32.8. The lowest BCUT2D eigenvalue weighted by atomic mass is 10.1. The van der Waals surface area contributed by atoms with Crippen molar-refractivity contribution in [2.24, 2.45) is 0 Å². The molecule has 0 bridgehead atoms. The summed E-state index contributed by atoms with van der Waals surface area (Å²) in [5, 5.41) is 2.91. The fourth-order valence-corrected chi connectivity index (χ4v) is 5.85. The first kappa shape index (κ1) is 22.9. The Labute approximate surface area is 190 Å². The smallest absolute Gasteiger partial charge is 0.251 e. The van der Waals surface area contributed by atoms with Crippen LogP contribution in [0.5, 0.6) is 0 Å². The number of hydrogen-bond acceptors (Lipinski definition) is 5. The number of hydrogen-bond donors (Lipinski definition) is 1. The van der Waals surface area contributed by atoms with Gasteiger partial charge in [0.1, 0.15) is 0 Å². The van der Waals surface area contributed by atoms with E-state index >= 15 is 0 Å². The third kappa shape index (κ3) is 5.38. The van der Waals surface area contributed by atoms with Crippen LogP contribution in [0, 0.1) is 6.92 Å². The van der Waals surface area contributed by atoms with Gasteiger partial charge in [-0.25, -0.2) is 8.42 Å². The highest BCUT2D eigenvalue weighted by molar-refractivity contribution is 7.89. The molecule has 32 heavy (non-hydrogen) atoms. The lowest BCUT2D eigenvalue weighted by Gasteiger charge is -2.26. The molecule has 2 aromatic rings. The maximum atomic E-state index is 13.1. The number of sulfonamides is 1. The fourth-order valence-electron chi connectivity index (χ4n) is 4.19. The molecule has 2 fully saturated rings. The molecule has 0 atom stereocenters. The summed E-state index contributed by atoms with van der Waals surface area (Å²) in [4.78, 5) is 15.4. The zero-order chi connectivity index (χ0) is 22.6. The van der Waals surface area contributed by atoms with E-state index < -0.39 is 10.0 Å². The Morgan fingerprint density at radius 1 is 0.969 bits per heavy atom. The number of nitrogens with one attached hydrogen (secondary N) is 1. The van der Waals surface area contributed by atoms with Crippen LogP contribution in [0.1, 0.15) is 39.9 Å². The Hall–Kier alpha value is -2.26. The lowest BCUT2D eigenvalue weighted by Crippen LogP contribution is -2.41. The minimum atomic E-state index is -3.66. The molecule has 0 aromatic heterocycles. The first-order valence-electron chi connectivity index (χ1n) is 11.2.